The van der Waals surface area contributed by atoms with Gasteiger partial charge < -0.3 is 36.0 Å². The van der Waals surface area contributed by atoms with Crippen LogP contribution in [-0.4, -0.2) is 97.3 Å². The van der Waals surface area contributed by atoms with Gasteiger partial charge in [-0.3, -0.25) is 19.3 Å². The van der Waals surface area contributed by atoms with Crippen molar-refractivity contribution in [2.24, 2.45) is 17.6 Å². The number of ether oxygens (including phenoxy) is 1. The second kappa shape index (κ2) is 10.6. The van der Waals surface area contributed by atoms with Crippen molar-refractivity contribution in [1.29, 1.82) is 0 Å². The number of rotatable bonds is 6. The smallest absolute Gasteiger partial charge is 0.357 e. The first kappa shape index (κ1) is 30.4. The van der Waals surface area contributed by atoms with Crippen LogP contribution in [0.25, 0.3) is 0 Å². The number of thiazole rings is 1. The van der Waals surface area contributed by atoms with Crippen LogP contribution in [0.4, 0.5) is 0 Å². The number of carbonyl (C=O) groups excluding carboxylic acids is 4. The number of amides is 1. The number of fused-ring (bicyclic) bond motifs is 3. The largest absolute Gasteiger partial charge is 0.510 e. The minimum absolute atomic E-state index is 0.0446. The molecule has 0 fully saturated rings. The molecule has 6 atom stereocenters. The van der Waals surface area contributed by atoms with E-state index >= 15 is 0 Å². The highest BCUT2D eigenvalue weighted by Gasteiger charge is 2.67. The SMILES string of the molecule is CCOC(=O)c1csc(Cc2ccc3c(c2O)C(=O)C2=C(O)[C@]4(O)C(=O)C(C(N)=O)=C(O)[C@@H](N(C)C)[C@@H]4[C@@H](O)[C@@H]2[C@H]3C)n1. The molecule has 13 nitrogen and oxygen atoms in total. The van der Waals surface area contributed by atoms with Crippen LogP contribution >= 0.6 is 11.3 Å². The number of ketones is 2. The Morgan fingerprint density at radius 3 is 2.47 bits per heavy atom. The van der Waals surface area contributed by atoms with E-state index in [0.717, 1.165) is 11.3 Å². The number of nitrogens with zero attached hydrogens (tertiary/aromatic N) is 2. The number of likely N-dealkylation sites (N-methyl/N-ethyl adjacent to an activating group) is 1. The van der Waals surface area contributed by atoms with Crippen LogP contribution in [0.3, 0.4) is 0 Å². The fourth-order valence-electron chi connectivity index (χ4n) is 6.66. The summed E-state index contributed by atoms with van der Waals surface area (Å²) in [6, 6.07) is 1.86. The van der Waals surface area contributed by atoms with Crippen LogP contribution in [0.2, 0.25) is 0 Å². The first-order valence-electron chi connectivity index (χ1n) is 13.5. The molecule has 1 aromatic heterocycles. The maximum atomic E-state index is 14.0. The van der Waals surface area contributed by atoms with E-state index in [9.17, 15) is 44.7 Å². The maximum Gasteiger partial charge on any atom is 0.357 e. The van der Waals surface area contributed by atoms with Gasteiger partial charge in [0.1, 0.15) is 22.8 Å². The average Bonchev–Trinajstić information content (AvgIpc) is 3.40. The molecule has 0 saturated carbocycles. The highest BCUT2D eigenvalue weighted by molar-refractivity contribution is 7.09. The Bertz CT molecular complexity index is 1640. The van der Waals surface area contributed by atoms with Gasteiger partial charge in [-0.25, -0.2) is 9.78 Å². The topological polar surface area (TPSA) is 221 Å². The van der Waals surface area contributed by atoms with E-state index in [1.165, 1.54) is 24.4 Å². The number of esters is 1. The molecule has 3 aliphatic carbocycles. The van der Waals surface area contributed by atoms with Gasteiger partial charge in [0.15, 0.2) is 17.1 Å². The summed E-state index contributed by atoms with van der Waals surface area (Å²) in [7, 11) is 2.95. The van der Waals surface area contributed by atoms with E-state index in [4.69, 9.17) is 10.5 Å². The Kier molecular flexibility index (Phi) is 7.45. The molecular weight excluding hydrogens is 582 g/mol. The van der Waals surface area contributed by atoms with Crippen molar-refractivity contribution in [1.82, 2.24) is 9.88 Å². The van der Waals surface area contributed by atoms with Crippen LogP contribution in [-0.2, 0) is 20.7 Å². The highest BCUT2D eigenvalue weighted by Crippen LogP contribution is 2.55. The summed E-state index contributed by atoms with van der Waals surface area (Å²) in [4.78, 5) is 57.3. The number of nitrogens with two attached hydrogens (primary N) is 1. The Balaban J connectivity index is 1.63. The maximum absolute atomic E-state index is 14.0. The zero-order valence-electron chi connectivity index (χ0n) is 23.7. The van der Waals surface area contributed by atoms with Crippen molar-refractivity contribution in [3.8, 4) is 5.75 Å². The number of primary amides is 1. The molecule has 0 unspecified atom stereocenters. The van der Waals surface area contributed by atoms with Gasteiger partial charge in [-0.05, 0) is 32.5 Å². The standard InChI is InChI=1S/C29H31N3O10S/c1-5-42-28(40)13-9-43-14(31-13)8-11-6-7-12-10(2)15-17(22(34)16(12)21(11)33)25(37)29(41)19(23(15)35)20(32(3)4)24(36)18(26(29)38)27(30)39/h6-7,9-10,15,19-20,23,33,35-37,41H,5,8H2,1-4H3,(H2,30,39)/t10-,15+,19+,20-,23-,29-/m0/s1. The molecule has 1 aromatic carbocycles. The van der Waals surface area contributed by atoms with E-state index < -0.39 is 87.4 Å². The lowest BCUT2D eigenvalue weighted by Crippen LogP contribution is -2.68. The molecule has 5 rings (SSSR count). The summed E-state index contributed by atoms with van der Waals surface area (Å²) in [5, 5.41) is 59.1. The third-order valence-corrected chi connectivity index (χ3v) is 9.44. The molecule has 1 heterocycles. The number of aliphatic hydroxyl groups excluding tert-OH is 3. The zero-order chi connectivity index (χ0) is 31.7. The fraction of sp³-hybridized carbons (Fsp3) is 0.414. The van der Waals surface area contributed by atoms with E-state index in [0.29, 0.717) is 10.6 Å². The molecule has 3 aliphatic rings. The molecule has 0 bridgehead atoms. The minimum atomic E-state index is -2.98. The second-order valence-corrected chi connectivity index (χ2v) is 12.1. The molecule has 14 heteroatoms. The Hall–Kier alpha value is -4.11. The summed E-state index contributed by atoms with van der Waals surface area (Å²) in [5.41, 5.74) is 1.46. The van der Waals surface area contributed by atoms with Gasteiger partial charge >= 0.3 is 5.97 Å². The van der Waals surface area contributed by atoms with Gasteiger partial charge in [-0.1, -0.05) is 19.1 Å². The van der Waals surface area contributed by atoms with E-state index in [-0.39, 0.29) is 29.8 Å². The number of hydrogen-bond donors (Lipinski definition) is 6. The molecule has 0 radical (unpaired) electrons. The van der Waals surface area contributed by atoms with Crippen molar-refractivity contribution in [2.45, 2.75) is 43.9 Å². The molecule has 1 amide bonds. The van der Waals surface area contributed by atoms with Gasteiger partial charge in [-0.2, -0.15) is 0 Å². The van der Waals surface area contributed by atoms with Gasteiger partial charge in [0.05, 0.1) is 35.2 Å². The lowest BCUT2D eigenvalue weighted by molar-refractivity contribution is -0.162. The Morgan fingerprint density at radius 2 is 1.86 bits per heavy atom. The molecule has 228 valence electrons. The number of carbonyl (C=O) groups is 4. The number of phenols is 1. The quantitative estimate of drug-likeness (QED) is 0.197. The lowest BCUT2D eigenvalue weighted by atomic mass is 9.55. The van der Waals surface area contributed by atoms with Crippen LogP contribution in [0, 0.1) is 11.8 Å². The minimum Gasteiger partial charge on any atom is -0.510 e. The number of benzene rings is 1. The summed E-state index contributed by atoms with van der Waals surface area (Å²) in [6.45, 7) is 3.49. The van der Waals surface area contributed by atoms with Crippen LogP contribution < -0.4 is 5.73 Å². The van der Waals surface area contributed by atoms with Crippen molar-refractivity contribution >= 4 is 34.8 Å². The summed E-state index contributed by atoms with van der Waals surface area (Å²) >= 11 is 1.15. The van der Waals surface area contributed by atoms with Gasteiger partial charge in [0, 0.05) is 28.9 Å². The van der Waals surface area contributed by atoms with Crippen LogP contribution in [0.5, 0.6) is 5.75 Å². The number of aliphatic hydroxyl groups is 4. The van der Waals surface area contributed by atoms with E-state index in [2.05, 4.69) is 4.98 Å². The highest BCUT2D eigenvalue weighted by atomic mass is 32.1. The third-order valence-electron chi connectivity index (χ3n) is 8.59. The number of hydrogen-bond acceptors (Lipinski definition) is 13. The van der Waals surface area contributed by atoms with Crippen LogP contribution in [0.1, 0.15) is 56.7 Å². The second-order valence-electron chi connectivity index (χ2n) is 11.1. The number of aromatic nitrogens is 1. The molecular formula is C29H31N3O10S. The molecule has 2 aromatic rings. The first-order chi connectivity index (χ1) is 20.2. The molecule has 7 N–H and O–H groups in total. The van der Waals surface area contributed by atoms with Crippen molar-refractivity contribution < 1.29 is 49.4 Å². The van der Waals surface area contributed by atoms with Gasteiger partial charge in [-0.15, -0.1) is 11.3 Å². The third kappa shape index (κ3) is 4.27. The molecule has 0 aliphatic heterocycles. The Labute approximate surface area is 249 Å². The summed E-state index contributed by atoms with van der Waals surface area (Å²) in [6.07, 6.45) is -1.63. The fourth-order valence-corrected chi connectivity index (χ4v) is 7.45. The zero-order valence-corrected chi connectivity index (χ0v) is 24.5. The molecule has 0 saturated heterocycles. The lowest BCUT2D eigenvalue weighted by Gasteiger charge is -2.53. The summed E-state index contributed by atoms with van der Waals surface area (Å²) < 4.78 is 4.96. The average molecular weight is 614 g/mol. The van der Waals surface area contributed by atoms with E-state index in [1.807, 2.05) is 0 Å². The predicted molar refractivity (Wildman–Crippen MR) is 151 cm³/mol. The van der Waals surface area contributed by atoms with Crippen molar-refractivity contribution in [3.05, 3.63) is 67.6 Å². The van der Waals surface area contributed by atoms with Crippen molar-refractivity contribution in [3.63, 3.8) is 0 Å². The van der Waals surface area contributed by atoms with Crippen molar-refractivity contribution in [2.75, 3.05) is 20.7 Å². The number of aromatic hydroxyl groups is 1. The first-order valence-corrected chi connectivity index (χ1v) is 14.3. The normalized spacial score (nSPS) is 28.5. The monoisotopic (exact) mass is 613 g/mol. The molecule has 43 heavy (non-hydrogen) atoms. The predicted octanol–water partition coefficient (Wildman–Crippen LogP) is 0.876. The summed E-state index contributed by atoms with van der Waals surface area (Å²) in [5.74, 6) is -10.1. The number of phenolic OH excluding ortho intramolecular Hbond substituents is 1. The van der Waals surface area contributed by atoms with Gasteiger partial charge in [0.25, 0.3) is 5.91 Å². The van der Waals surface area contributed by atoms with Crippen LogP contribution in [0.15, 0.2) is 40.2 Å². The van der Waals surface area contributed by atoms with Gasteiger partial charge in [0.2, 0.25) is 5.78 Å². The van der Waals surface area contributed by atoms with E-state index in [1.54, 1.807) is 26.0 Å². The Morgan fingerprint density at radius 1 is 1.19 bits per heavy atom. The number of Topliss-reactive ketones (excluding diaryl/α,β-unsaturated/α-hetero) is 2. The molecule has 0 spiro atoms.